The number of aliphatic hydroxyl groups excluding tert-OH is 1. The number of fused-ring (bicyclic) bond motifs is 3. The third-order valence-electron chi connectivity index (χ3n) is 7.19. The van der Waals surface area contributed by atoms with Gasteiger partial charge in [0.2, 0.25) is 5.91 Å². The summed E-state index contributed by atoms with van der Waals surface area (Å²) < 4.78 is 54.7. The molecule has 212 valence electrons. The number of nitrogens with zero attached hydrogens (tertiary/aromatic N) is 3. The number of amides is 1. The van der Waals surface area contributed by atoms with Crippen molar-refractivity contribution in [2.75, 3.05) is 30.4 Å². The normalized spacial score (nSPS) is 14.8. The van der Waals surface area contributed by atoms with Crippen LogP contribution >= 0.6 is 0 Å². The number of Topliss-reactive ketones (excluding diaryl/α,β-unsaturated/α-hetero) is 1. The van der Waals surface area contributed by atoms with Gasteiger partial charge in [-0.2, -0.15) is 18.2 Å². The van der Waals surface area contributed by atoms with Gasteiger partial charge in [0.15, 0.2) is 5.78 Å². The van der Waals surface area contributed by atoms with Gasteiger partial charge in [0.25, 0.3) is 0 Å². The van der Waals surface area contributed by atoms with E-state index < -0.39 is 48.0 Å². The van der Waals surface area contributed by atoms with E-state index in [0.717, 1.165) is 5.56 Å². The van der Waals surface area contributed by atoms with Crippen molar-refractivity contribution in [1.29, 1.82) is 0 Å². The lowest BCUT2D eigenvalue weighted by Crippen LogP contribution is -2.35. The molecule has 0 aliphatic carbocycles. The molecule has 5 rings (SSSR count). The van der Waals surface area contributed by atoms with Crippen LogP contribution in [0.3, 0.4) is 0 Å². The molecule has 1 aliphatic heterocycles. The number of hydrogen-bond donors (Lipinski definition) is 2. The summed E-state index contributed by atoms with van der Waals surface area (Å²) in [6.07, 6.45) is -5.20. The minimum absolute atomic E-state index is 0.121. The third kappa shape index (κ3) is 5.55. The summed E-state index contributed by atoms with van der Waals surface area (Å²) in [4.78, 5) is 42.8. The molecular weight excluding hydrogens is 544 g/mol. The average Bonchev–Trinajstić information content (AvgIpc) is 2.96. The van der Waals surface area contributed by atoms with Crippen LogP contribution in [0.25, 0.3) is 10.9 Å². The second kappa shape index (κ2) is 10.8. The number of nitrogens with one attached hydrogen (secondary N) is 1. The Kier molecular flexibility index (Phi) is 7.35. The summed E-state index contributed by atoms with van der Waals surface area (Å²) in [6, 6.07) is 13.6. The number of carbonyl (C=O) groups is 2. The molecule has 8 nitrogen and oxygen atoms in total. The molecular formula is C29H24F4N4O4. The minimum atomic E-state index is -4.65. The highest BCUT2D eigenvalue weighted by Gasteiger charge is 2.31. The van der Waals surface area contributed by atoms with Crippen molar-refractivity contribution in [2.45, 2.75) is 25.1 Å². The van der Waals surface area contributed by atoms with Crippen LogP contribution in [0.4, 0.5) is 29.1 Å². The maximum absolute atomic E-state index is 14.1. The van der Waals surface area contributed by atoms with E-state index in [0.29, 0.717) is 53.7 Å². The van der Waals surface area contributed by atoms with Gasteiger partial charge in [0.1, 0.15) is 18.2 Å². The van der Waals surface area contributed by atoms with Crippen LogP contribution in [0.15, 0.2) is 65.5 Å². The maximum Gasteiger partial charge on any atom is 0.416 e. The van der Waals surface area contributed by atoms with Crippen molar-refractivity contribution < 1.29 is 32.3 Å². The van der Waals surface area contributed by atoms with Gasteiger partial charge in [-0.15, -0.1) is 0 Å². The number of carbonyl (C=O) groups excluding carboxylic acids is 2. The Balaban J connectivity index is 1.32. The van der Waals surface area contributed by atoms with Crippen molar-refractivity contribution in [3.05, 3.63) is 99.2 Å². The van der Waals surface area contributed by atoms with Crippen LogP contribution in [-0.4, -0.2) is 46.5 Å². The number of anilines is 2. The molecule has 41 heavy (non-hydrogen) atoms. The Morgan fingerprint density at radius 2 is 1.83 bits per heavy atom. The SMILES string of the molecule is CN(C(=O)Cc1cc(C(F)(F)F)ccc1F)c1ccc(C2CNc3c4ccc(C(=O)CO)cc4nc(=O)n3C2)cc1. The molecule has 0 radical (unpaired) electrons. The lowest BCUT2D eigenvalue weighted by Gasteiger charge is -2.29. The number of ketones is 1. The molecule has 0 fully saturated rings. The average molecular weight is 569 g/mol. The highest BCUT2D eigenvalue weighted by atomic mass is 19.4. The smallest absolute Gasteiger partial charge is 0.388 e. The highest BCUT2D eigenvalue weighted by Crippen LogP contribution is 2.32. The first kappa shape index (κ1) is 28.0. The van der Waals surface area contributed by atoms with Gasteiger partial charge >= 0.3 is 11.9 Å². The fraction of sp³-hybridized carbons (Fsp3) is 0.241. The van der Waals surface area contributed by atoms with E-state index in [-0.39, 0.29) is 17.0 Å². The number of aliphatic hydroxyl groups is 1. The zero-order valence-electron chi connectivity index (χ0n) is 21.7. The molecule has 4 aromatic rings. The van der Waals surface area contributed by atoms with E-state index >= 15 is 0 Å². The molecule has 1 aromatic heterocycles. The van der Waals surface area contributed by atoms with Gasteiger partial charge in [0, 0.05) is 42.7 Å². The van der Waals surface area contributed by atoms with Crippen LogP contribution in [0.2, 0.25) is 0 Å². The first-order valence-electron chi connectivity index (χ1n) is 12.6. The second-order valence-electron chi connectivity index (χ2n) is 9.77. The van der Waals surface area contributed by atoms with Gasteiger partial charge in [-0.1, -0.05) is 18.2 Å². The van der Waals surface area contributed by atoms with Crippen molar-refractivity contribution in [1.82, 2.24) is 9.55 Å². The number of aromatic nitrogens is 2. The summed E-state index contributed by atoms with van der Waals surface area (Å²) >= 11 is 0. The van der Waals surface area contributed by atoms with Crippen molar-refractivity contribution >= 4 is 34.1 Å². The summed E-state index contributed by atoms with van der Waals surface area (Å²) in [5.41, 5.74) is 0.0638. The first-order chi connectivity index (χ1) is 19.5. The fourth-order valence-electron chi connectivity index (χ4n) is 4.86. The summed E-state index contributed by atoms with van der Waals surface area (Å²) in [5, 5.41) is 13.0. The Bertz CT molecular complexity index is 1720. The van der Waals surface area contributed by atoms with E-state index in [4.69, 9.17) is 5.11 Å². The zero-order chi connectivity index (χ0) is 29.5. The summed E-state index contributed by atoms with van der Waals surface area (Å²) in [5.74, 6) is -1.50. The molecule has 1 unspecified atom stereocenters. The maximum atomic E-state index is 14.1. The number of benzene rings is 3. The van der Waals surface area contributed by atoms with E-state index in [2.05, 4.69) is 10.3 Å². The highest BCUT2D eigenvalue weighted by molar-refractivity contribution is 6.01. The Labute approximate surface area is 230 Å². The number of hydrogen-bond acceptors (Lipinski definition) is 6. The first-order valence-corrected chi connectivity index (χ1v) is 12.6. The monoisotopic (exact) mass is 568 g/mol. The van der Waals surface area contributed by atoms with Gasteiger partial charge < -0.3 is 15.3 Å². The molecule has 3 aromatic carbocycles. The van der Waals surface area contributed by atoms with E-state index in [1.807, 2.05) is 0 Å². The van der Waals surface area contributed by atoms with Crippen molar-refractivity contribution in [2.24, 2.45) is 0 Å². The molecule has 1 atom stereocenters. The number of likely N-dealkylation sites (N-methyl/N-ethyl adjacent to an activating group) is 1. The topological polar surface area (TPSA) is 105 Å². The fourth-order valence-corrected chi connectivity index (χ4v) is 4.86. The summed E-state index contributed by atoms with van der Waals surface area (Å²) in [6.45, 7) is 0.162. The molecule has 0 saturated heterocycles. The van der Waals surface area contributed by atoms with Crippen LogP contribution in [0.1, 0.15) is 33.0 Å². The lowest BCUT2D eigenvalue weighted by molar-refractivity contribution is -0.137. The Hall–Kier alpha value is -4.58. The molecule has 2 N–H and O–H groups in total. The Morgan fingerprint density at radius 3 is 2.51 bits per heavy atom. The van der Waals surface area contributed by atoms with E-state index in [1.165, 1.54) is 22.6 Å². The number of halogens is 4. The standard InChI is InChI=1S/C29H24F4N4O4/c1-36(26(40)12-18-10-20(29(31,32)33)5-9-23(18)30)21-6-2-16(3-7-21)19-13-34-27-22-8-4-17(25(39)15-38)11-24(22)35-28(41)37(27)14-19/h2-11,19,34,38H,12-15H2,1H3. The quantitative estimate of drug-likeness (QED) is 0.268. The molecule has 1 aliphatic rings. The lowest BCUT2D eigenvalue weighted by atomic mass is 9.96. The van der Waals surface area contributed by atoms with Gasteiger partial charge in [-0.25, -0.2) is 9.18 Å². The van der Waals surface area contributed by atoms with E-state index in [9.17, 15) is 31.9 Å². The molecule has 0 spiro atoms. The molecule has 2 heterocycles. The minimum Gasteiger partial charge on any atom is -0.388 e. The predicted octanol–water partition coefficient (Wildman–Crippen LogP) is 4.14. The van der Waals surface area contributed by atoms with Crippen LogP contribution in [0, 0.1) is 5.82 Å². The zero-order valence-corrected chi connectivity index (χ0v) is 21.7. The number of rotatable bonds is 6. The van der Waals surface area contributed by atoms with Crippen molar-refractivity contribution in [3.63, 3.8) is 0 Å². The predicted molar refractivity (Wildman–Crippen MR) is 144 cm³/mol. The second-order valence-corrected chi connectivity index (χ2v) is 9.77. The molecule has 0 saturated carbocycles. The van der Waals surface area contributed by atoms with Gasteiger partial charge in [-0.3, -0.25) is 14.2 Å². The molecule has 0 bridgehead atoms. The van der Waals surface area contributed by atoms with E-state index in [1.54, 1.807) is 36.4 Å². The van der Waals surface area contributed by atoms with Crippen molar-refractivity contribution in [3.8, 4) is 0 Å². The number of alkyl halides is 3. The summed E-state index contributed by atoms with van der Waals surface area (Å²) in [7, 11) is 1.46. The van der Waals surface area contributed by atoms with Gasteiger partial charge in [-0.05, 0) is 53.6 Å². The van der Waals surface area contributed by atoms with Crippen LogP contribution < -0.4 is 15.9 Å². The van der Waals surface area contributed by atoms with Crippen LogP contribution in [-0.2, 0) is 23.9 Å². The largest absolute Gasteiger partial charge is 0.416 e. The molecule has 1 amide bonds. The Morgan fingerprint density at radius 1 is 1.10 bits per heavy atom. The third-order valence-corrected chi connectivity index (χ3v) is 7.19. The van der Waals surface area contributed by atoms with Gasteiger partial charge in [0.05, 0.1) is 17.5 Å². The van der Waals surface area contributed by atoms with Crippen LogP contribution in [0.5, 0.6) is 0 Å². The molecule has 12 heteroatoms.